The van der Waals surface area contributed by atoms with E-state index in [0.717, 1.165) is 16.8 Å². The average molecular weight is 288 g/mol. The first kappa shape index (κ1) is 13.9. The number of hydrogen-bond donors (Lipinski definition) is 2. The topological polar surface area (TPSA) is 75.7 Å². The molecule has 0 saturated heterocycles. The number of nitrogens with zero attached hydrogens (tertiary/aromatic N) is 2. The third kappa shape index (κ3) is 3.01. The van der Waals surface area contributed by atoms with Gasteiger partial charge in [-0.3, -0.25) is 5.41 Å². The van der Waals surface area contributed by atoms with E-state index in [9.17, 15) is 0 Å². The summed E-state index contributed by atoms with van der Waals surface area (Å²) in [5.41, 5.74) is 9.10. The van der Waals surface area contributed by atoms with E-state index in [2.05, 4.69) is 9.97 Å². The maximum Gasteiger partial charge on any atom is 0.159 e. The van der Waals surface area contributed by atoms with E-state index < -0.39 is 0 Å². The van der Waals surface area contributed by atoms with Crippen molar-refractivity contribution in [2.75, 3.05) is 0 Å². The molecule has 1 heterocycles. The molecule has 0 fully saturated rings. The maximum atomic E-state index is 7.71. The summed E-state index contributed by atoms with van der Waals surface area (Å²) >= 11 is 0. The van der Waals surface area contributed by atoms with Crippen LogP contribution in [0.4, 0.5) is 0 Å². The Morgan fingerprint density at radius 1 is 0.955 bits per heavy atom. The van der Waals surface area contributed by atoms with Gasteiger partial charge in [-0.2, -0.15) is 0 Å². The van der Waals surface area contributed by atoms with Gasteiger partial charge < -0.3 is 5.73 Å². The molecule has 3 N–H and O–H groups in total. The predicted octanol–water partition coefficient (Wildman–Crippen LogP) is 3.02. The molecule has 4 nitrogen and oxygen atoms in total. The summed E-state index contributed by atoms with van der Waals surface area (Å²) in [5.74, 6) is 0.641. The Kier molecular flexibility index (Phi) is 3.92. The molecule has 0 radical (unpaired) electrons. The lowest BCUT2D eigenvalue weighted by atomic mass is 10.1. The number of rotatable bonds is 4. The summed E-state index contributed by atoms with van der Waals surface area (Å²) in [5, 5.41) is 7.71. The number of benzene rings is 2. The zero-order valence-electron chi connectivity index (χ0n) is 12.0. The van der Waals surface area contributed by atoms with Crippen molar-refractivity contribution in [1.82, 2.24) is 9.97 Å². The molecule has 3 rings (SSSR count). The highest BCUT2D eigenvalue weighted by atomic mass is 14.9. The van der Waals surface area contributed by atoms with Gasteiger partial charge in [-0.15, -0.1) is 0 Å². The van der Waals surface area contributed by atoms with Crippen molar-refractivity contribution in [2.24, 2.45) is 5.73 Å². The van der Waals surface area contributed by atoms with Crippen LogP contribution in [0.2, 0.25) is 0 Å². The van der Waals surface area contributed by atoms with Gasteiger partial charge in [-0.05, 0) is 5.56 Å². The van der Waals surface area contributed by atoms with Crippen molar-refractivity contribution in [2.45, 2.75) is 6.42 Å². The van der Waals surface area contributed by atoms with Gasteiger partial charge >= 0.3 is 0 Å². The maximum absolute atomic E-state index is 7.71. The molecular weight excluding hydrogens is 272 g/mol. The molecule has 2 aromatic carbocycles. The zero-order valence-corrected chi connectivity index (χ0v) is 12.0. The molecule has 22 heavy (non-hydrogen) atoms. The van der Waals surface area contributed by atoms with Gasteiger partial charge in [0, 0.05) is 18.2 Å². The zero-order chi connectivity index (χ0) is 15.4. The van der Waals surface area contributed by atoms with Crippen LogP contribution >= 0.6 is 0 Å². The van der Waals surface area contributed by atoms with E-state index in [1.54, 1.807) is 6.20 Å². The summed E-state index contributed by atoms with van der Waals surface area (Å²) in [4.78, 5) is 8.97. The molecule has 0 aliphatic rings. The normalized spacial score (nSPS) is 10.4. The highest BCUT2D eigenvalue weighted by molar-refractivity contribution is 5.95. The minimum atomic E-state index is -0.00876. The number of amidine groups is 1. The minimum absolute atomic E-state index is 0.00876. The van der Waals surface area contributed by atoms with E-state index in [1.165, 1.54) is 0 Å². The van der Waals surface area contributed by atoms with Crippen LogP contribution in [0.25, 0.3) is 11.4 Å². The van der Waals surface area contributed by atoms with Crippen LogP contribution in [-0.2, 0) is 6.42 Å². The fourth-order valence-electron chi connectivity index (χ4n) is 2.29. The Morgan fingerprint density at radius 3 is 2.23 bits per heavy atom. The van der Waals surface area contributed by atoms with Gasteiger partial charge in [0.15, 0.2) is 5.82 Å². The van der Waals surface area contributed by atoms with E-state index >= 15 is 0 Å². The van der Waals surface area contributed by atoms with Gasteiger partial charge in [-0.25, -0.2) is 9.97 Å². The van der Waals surface area contributed by atoms with Crippen molar-refractivity contribution >= 4 is 5.84 Å². The molecule has 108 valence electrons. The van der Waals surface area contributed by atoms with Gasteiger partial charge in [0.2, 0.25) is 0 Å². The Bertz CT molecular complexity index is 783. The van der Waals surface area contributed by atoms with Crippen molar-refractivity contribution < 1.29 is 0 Å². The molecule has 0 aliphatic carbocycles. The molecule has 0 saturated carbocycles. The van der Waals surface area contributed by atoms with Crippen molar-refractivity contribution in [3.05, 3.63) is 83.7 Å². The number of nitrogen functional groups attached to an aromatic ring is 1. The lowest BCUT2D eigenvalue weighted by Gasteiger charge is -2.09. The van der Waals surface area contributed by atoms with Crippen molar-refractivity contribution in [1.29, 1.82) is 5.41 Å². The fraction of sp³-hybridized carbons (Fsp3) is 0.0556. The molecule has 0 unspecified atom stereocenters. The van der Waals surface area contributed by atoms with Gasteiger partial charge in [0.05, 0.1) is 11.3 Å². The SMILES string of the molecule is N=C(N)c1cnc(-c2ccccc2)nc1Cc1ccccc1. The molecular formula is C18H16N4. The summed E-state index contributed by atoms with van der Waals surface area (Å²) in [7, 11) is 0. The number of hydrogen-bond acceptors (Lipinski definition) is 3. The van der Waals surface area contributed by atoms with E-state index in [0.29, 0.717) is 17.8 Å². The number of aromatic nitrogens is 2. The first-order chi connectivity index (χ1) is 10.7. The van der Waals surface area contributed by atoms with Crippen LogP contribution in [0.15, 0.2) is 66.9 Å². The highest BCUT2D eigenvalue weighted by Gasteiger charge is 2.11. The number of nitrogens with two attached hydrogens (primary N) is 1. The van der Waals surface area contributed by atoms with Crippen LogP contribution in [0.3, 0.4) is 0 Å². The second-order valence-corrected chi connectivity index (χ2v) is 5.00. The minimum Gasteiger partial charge on any atom is -0.384 e. The molecule has 1 aromatic heterocycles. The molecule has 0 spiro atoms. The predicted molar refractivity (Wildman–Crippen MR) is 87.7 cm³/mol. The average Bonchev–Trinajstić information content (AvgIpc) is 2.56. The Labute approximate surface area is 129 Å². The quantitative estimate of drug-likeness (QED) is 0.572. The van der Waals surface area contributed by atoms with E-state index in [4.69, 9.17) is 11.1 Å². The third-order valence-electron chi connectivity index (χ3n) is 3.40. The Hall–Kier alpha value is -3.01. The fourth-order valence-corrected chi connectivity index (χ4v) is 2.29. The van der Waals surface area contributed by atoms with Crippen LogP contribution in [-0.4, -0.2) is 15.8 Å². The summed E-state index contributed by atoms with van der Waals surface area (Å²) in [6.45, 7) is 0. The Morgan fingerprint density at radius 2 is 1.59 bits per heavy atom. The third-order valence-corrected chi connectivity index (χ3v) is 3.40. The highest BCUT2D eigenvalue weighted by Crippen LogP contribution is 2.18. The molecule has 0 amide bonds. The molecule has 0 bridgehead atoms. The van der Waals surface area contributed by atoms with Gasteiger partial charge in [0.25, 0.3) is 0 Å². The van der Waals surface area contributed by atoms with E-state index in [1.807, 2.05) is 60.7 Å². The van der Waals surface area contributed by atoms with Crippen LogP contribution in [0.5, 0.6) is 0 Å². The van der Waals surface area contributed by atoms with Crippen molar-refractivity contribution in [3.63, 3.8) is 0 Å². The molecule has 3 aromatic rings. The Balaban J connectivity index is 2.03. The molecule has 0 aliphatic heterocycles. The molecule has 0 atom stereocenters. The lowest BCUT2D eigenvalue weighted by Crippen LogP contribution is -2.16. The monoisotopic (exact) mass is 288 g/mol. The van der Waals surface area contributed by atoms with Crippen LogP contribution in [0, 0.1) is 5.41 Å². The summed E-state index contributed by atoms with van der Waals surface area (Å²) in [6.07, 6.45) is 2.26. The van der Waals surface area contributed by atoms with Crippen LogP contribution in [0.1, 0.15) is 16.8 Å². The first-order valence-electron chi connectivity index (χ1n) is 7.03. The van der Waals surface area contributed by atoms with Crippen LogP contribution < -0.4 is 5.73 Å². The van der Waals surface area contributed by atoms with Gasteiger partial charge in [-0.1, -0.05) is 60.7 Å². The first-order valence-corrected chi connectivity index (χ1v) is 7.03. The molecule has 4 heteroatoms. The van der Waals surface area contributed by atoms with Crippen molar-refractivity contribution in [3.8, 4) is 11.4 Å². The smallest absolute Gasteiger partial charge is 0.159 e. The summed E-state index contributed by atoms with van der Waals surface area (Å²) < 4.78 is 0. The second-order valence-electron chi connectivity index (χ2n) is 5.00. The second kappa shape index (κ2) is 6.18. The van der Waals surface area contributed by atoms with Gasteiger partial charge in [0.1, 0.15) is 5.84 Å². The number of nitrogens with one attached hydrogen (secondary N) is 1. The standard InChI is InChI=1S/C18H16N4/c19-17(20)15-12-21-18(14-9-5-2-6-10-14)22-16(15)11-13-7-3-1-4-8-13/h1-10,12H,11H2,(H3,19,20). The largest absolute Gasteiger partial charge is 0.384 e. The summed E-state index contributed by atoms with van der Waals surface area (Å²) in [6, 6.07) is 19.8. The van der Waals surface area contributed by atoms with E-state index in [-0.39, 0.29) is 5.84 Å². The lowest BCUT2D eigenvalue weighted by molar-refractivity contribution is 1.02.